The predicted octanol–water partition coefficient (Wildman–Crippen LogP) is 5.07. The summed E-state index contributed by atoms with van der Waals surface area (Å²) in [7, 11) is 3.21. The Kier molecular flexibility index (Phi) is 8.71. The lowest BCUT2D eigenvalue weighted by Gasteiger charge is -2.37. The van der Waals surface area contributed by atoms with Gasteiger partial charge in [0.05, 0.1) is 20.3 Å². The Hall–Kier alpha value is -3.52. The Morgan fingerprint density at radius 3 is 2.46 bits per heavy atom. The number of ether oxygens (including phenoxy) is 3. The fourth-order valence-corrected chi connectivity index (χ4v) is 5.50. The van der Waals surface area contributed by atoms with Crippen molar-refractivity contribution in [3.63, 3.8) is 0 Å². The molecule has 7 nitrogen and oxygen atoms in total. The third kappa shape index (κ3) is 6.43. The van der Waals surface area contributed by atoms with Crippen LogP contribution in [0.3, 0.4) is 0 Å². The van der Waals surface area contributed by atoms with E-state index in [0.29, 0.717) is 42.5 Å². The Morgan fingerprint density at radius 1 is 1.03 bits per heavy atom. The molecule has 1 unspecified atom stereocenters. The first-order valence-corrected chi connectivity index (χ1v) is 13.3. The molecule has 1 aromatic heterocycles. The van der Waals surface area contributed by atoms with Crippen molar-refractivity contribution >= 4 is 23.2 Å². The molecule has 4 rings (SSSR count). The third-order valence-corrected chi connectivity index (χ3v) is 7.40. The van der Waals surface area contributed by atoms with Gasteiger partial charge in [-0.1, -0.05) is 19.9 Å². The van der Waals surface area contributed by atoms with Gasteiger partial charge in [-0.25, -0.2) is 0 Å². The van der Waals surface area contributed by atoms with Crippen LogP contribution in [-0.4, -0.2) is 62.1 Å². The topological polar surface area (TPSA) is 68.3 Å². The second-order valence-corrected chi connectivity index (χ2v) is 10.5. The van der Waals surface area contributed by atoms with Crippen molar-refractivity contribution in [2.24, 2.45) is 5.92 Å². The van der Waals surface area contributed by atoms with E-state index in [0.717, 1.165) is 12.0 Å². The lowest BCUT2D eigenvalue weighted by molar-refractivity contribution is -0.135. The number of nitrogens with zero attached hydrogens (tertiary/aromatic N) is 2. The average Bonchev–Trinajstić information content (AvgIpc) is 3.40. The smallest absolute Gasteiger partial charge is 0.254 e. The quantitative estimate of drug-likeness (QED) is 0.372. The van der Waals surface area contributed by atoms with Gasteiger partial charge in [0.15, 0.2) is 0 Å². The van der Waals surface area contributed by atoms with Crippen LogP contribution in [0.4, 0.5) is 0 Å². The van der Waals surface area contributed by atoms with E-state index in [2.05, 4.69) is 11.4 Å². The van der Waals surface area contributed by atoms with Crippen LogP contribution < -0.4 is 14.2 Å². The molecule has 0 saturated heterocycles. The minimum absolute atomic E-state index is 0.0121. The first kappa shape index (κ1) is 26.5. The van der Waals surface area contributed by atoms with E-state index in [4.69, 9.17) is 14.2 Å². The summed E-state index contributed by atoms with van der Waals surface area (Å²) in [6, 6.07) is 16.3. The highest BCUT2D eigenvalue weighted by atomic mass is 32.1. The molecule has 37 heavy (non-hydrogen) atoms. The van der Waals surface area contributed by atoms with Gasteiger partial charge in [-0.2, -0.15) is 0 Å². The average molecular weight is 523 g/mol. The van der Waals surface area contributed by atoms with Crippen LogP contribution in [0.25, 0.3) is 0 Å². The predicted molar refractivity (Wildman–Crippen MR) is 145 cm³/mol. The fraction of sp³-hybridized carbons (Fsp3) is 0.379. The van der Waals surface area contributed by atoms with E-state index >= 15 is 0 Å². The molecule has 0 fully saturated rings. The van der Waals surface area contributed by atoms with E-state index in [9.17, 15) is 9.59 Å². The Labute approximate surface area is 222 Å². The highest BCUT2D eigenvalue weighted by Gasteiger charge is 2.33. The molecule has 0 N–H and O–H groups in total. The first-order chi connectivity index (χ1) is 17.9. The SMILES string of the molecule is COc1ccc(C(=O)N(CC(=O)N2CCc3sccc3C2COc2cccc(OC)c2)CC(C)C)cc1. The van der Waals surface area contributed by atoms with Gasteiger partial charge < -0.3 is 24.0 Å². The maximum absolute atomic E-state index is 13.7. The first-order valence-electron chi connectivity index (χ1n) is 12.5. The van der Waals surface area contributed by atoms with Gasteiger partial charge in [0, 0.05) is 29.6 Å². The zero-order valence-electron chi connectivity index (χ0n) is 21.8. The summed E-state index contributed by atoms with van der Waals surface area (Å²) in [6.07, 6.45) is 0.797. The lowest BCUT2D eigenvalue weighted by Crippen LogP contribution is -2.48. The van der Waals surface area contributed by atoms with E-state index in [1.807, 2.05) is 43.0 Å². The third-order valence-electron chi connectivity index (χ3n) is 6.40. The van der Waals surface area contributed by atoms with Crippen molar-refractivity contribution < 1.29 is 23.8 Å². The Balaban J connectivity index is 1.52. The van der Waals surface area contributed by atoms with E-state index < -0.39 is 0 Å². The minimum atomic E-state index is -0.231. The van der Waals surface area contributed by atoms with Crippen molar-refractivity contribution in [1.29, 1.82) is 0 Å². The van der Waals surface area contributed by atoms with Gasteiger partial charge >= 0.3 is 0 Å². The van der Waals surface area contributed by atoms with Crippen LogP contribution >= 0.6 is 11.3 Å². The number of thiophene rings is 1. The summed E-state index contributed by atoms with van der Waals surface area (Å²) in [5.74, 6) is 2.05. The molecule has 2 amide bonds. The monoisotopic (exact) mass is 522 g/mol. The van der Waals surface area contributed by atoms with Crippen LogP contribution in [0.2, 0.25) is 0 Å². The summed E-state index contributed by atoms with van der Waals surface area (Å²) in [5.41, 5.74) is 1.65. The minimum Gasteiger partial charge on any atom is -0.497 e. The summed E-state index contributed by atoms with van der Waals surface area (Å²) in [6.45, 7) is 5.49. The molecular weight excluding hydrogens is 488 g/mol. The van der Waals surface area contributed by atoms with Gasteiger partial charge in [0.25, 0.3) is 5.91 Å². The molecule has 1 aliphatic heterocycles. The number of hydrogen-bond donors (Lipinski definition) is 0. The molecule has 0 aliphatic carbocycles. The van der Waals surface area contributed by atoms with Crippen molar-refractivity contribution in [3.8, 4) is 17.2 Å². The van der Waals surface area contributed by atoms with Crippen LogP contribution in [0.5, 0.6) is 17.2 Å². The largest absolute Gasteiger partial charge is 0.497 e. The Bertz CT molecular complexity index is 1210. The van der Waals surface area contributed by atoms with Crippen molar-refractivity contribution in [3.05, 3.63) is 76.0 Å². The zero-order chi connectivity index (χ0) is 26.4. The highest BCUT2D eigenvalue weighted by Crippen LogP contribution is 2.34. The summed E-state index contributed by atoms with van der Waals surface area (Å²) in [4.78, 5) is 31.9. The van der Waals surface area contributed by atoms with Crippen LogP contribution in [0, 0.1) is 5.92 Å². The second kappa shape index (κ2) is 12.1. The highest BCUT2D eigenvalue weighted by molar-refractivity contribution is 7.10. The van der Waals surface area contributed by atoms with Gasteiger partial charge in [-0.3, -0.25) is 9.59 Å². The van der Waals surface area contributed by atoms with Crippen LogP contribution in [0.1, 0.15) is 40.7 Å². The van der Waals surface area contributed by atoms with Gasteiger partial charge in [0.2, 0.25) is 5.91 Å². The number of rotatable bonds is 10. The molecule has 8 heteroatoms. The number of hydrogen-bond acceptors (Lipinski definition) is 6. The van der Waals surface area contributed by atoms with Crippen molar-refractivity contribution in [2.75, 3.05) is 40.5 Å². The standard InChI is InChI=1S/C29H34N2O5S/c1-20(2)17-30(29(33)21-8-10-22(34-3)11-9-21)18-28(32)31-14-12-27-25(13-15-37-27)26(31)19-36-24-7-5-6-23(16-24)35-4/h5-11,13,15-16,20,26H,12,14,17-19H2,1-4H3. The number of amides is 2. The molecule has 0 saturated carbocycles. The van der Waals surface area contributed by atoms with Crippen molar-refractivity contribution in [2.45, 2.75) is 26.3 Å². The molecule has 2 heterocycles. The summed E-state index contributed by atoms with van der Waals surface area (Å²) < 4.78 is 16.7. The number of methoxy groups -OCH3 is 2. The van der Waals surface area contributed by atoms with Crippen LogP contribution in [-0.2, 0) is 11.2 Å². The lowest BCUT2D eigenvalue weighted by atomic mass is 10.00. The molecule has 0 bridgehead atoms. The number of benzene rings is 2. The molecular formula is C29H34N2O5S. The maximum atomic E-state index is 13.7. The molecule has 196 valence electrons. The molecule has 1 atom stereocenters. The van der Waals surface area contributed by atoms with Crippen molar-refractivity contribution in [1.82, 2.24) is 9.80 Å². The fourth-order valence-electron chi connectivity index (χ4n) is 4.57. The van der Waals surface area contributed by atoms with E-state index in [-0.39, 0.29) is 30.3 Å². The number of fused-ring (bicyclic) bond motifs is 1. The summed E-state index contributed by atoms with van der Waals surface area (Å²) >= 11 is 1.71. The molecule has 0 radical (unpaired) electrons. The maximum Gasteiger partial charge on any atom is 0.254 e. The molecule has 3 aromatic rings. The molecule has 1 aliphatic rings. The van der Waals surface area contributed by atoms with Gasteiger partial charge in [0.1, 0.15) is 30.4 Å². The number of carbonyl (C=O) groups excluding carboxylic acids is 2. The zero-order valence-corrected chi connectivity index (χ0v) is 22.6. The molecule has 0 spiro atoms. The van der Waals surface area contributed by atoms with Crippen LogP contribution in [0.15, 0.2) is 60.0 Å². The van der Waals surface area contributed by atoms with Gasteiger partial charge in [-0.15, -0.1) is 11.3 Å². The molecule has 2 aromatic carbocycles. The normalized spacial score (nSPS) is 14.7. The van der Waals surface area contributed by atoms with Gasteiger partial charge in [-0.05, 0) is 65.7 Å². The summed E-state index contributed by atoms with van der Waals surface area (Å²) in [5, 5.41) is 2.06. The number of carbonyl (C=O) groups is 2. The Morgan fingerprint density at radius 2 is 1.76 bits per heavy atom. The second-order valence-electron chi connectivity index (χ2n) is 9.45. The van der Waals surface area contributed by atoms with E-state index in [1.165, 1.54) is 4.88 Å². The van der Waals surface area contributed by atoms with E-state index in [1.54, 1.807) is 54.7 Å².